The number of aromatic amines is 1. The summed E-state index contributed by atoms with van der Waals surface area (Å²) in [6.45, 7) is -0.159. The second-order valence-corrected chi connectivity index (χ2v) is 8.98. The lowest BCUT2D eigenvalue weighted by Crippen LogP contribution is -2.40. The van der Waals surface area contributed by atoms with Gasteiger partial charge in [0.2, 0.25) is 0 Å². The lowest BCUT2D eigenvalue weighted by molar-refractivity contribution is -0.132. The number of halogens is 3. The lowest BCUT2D eigenvalue weighted by atomic mass is 9.94. The highest BCUT2D eigenvalue weighted by molar-refractivity contribution is 6.24. The van der Waals surface area contributed by atoms with Gasteiger partial charge in [0.15, 0.2) is 5.58 Å². The molecule has 9 nitrogen and oxygen atoms in total. The largest absolute Gasteiger partial charge is 0.424 e. The van der Waals surface area contributed by atoms with E-state index in [9.17, 15) is 22.8 Å². The van der Waals surface area contributed by atoms with Crippen LogP contribution in [0.3, 0.4) is 0 Å². The summed E-state index contributed by atoms with van der Waals surface area (Å²) >= 11 is 0. The minimum Gasteiger partial charge on any atom is -0.424 e. The van der Waals surface area contributed by atoms with Crippen LogP contribution < -0.4 is 10.5 Å². The number of hydrogen-bond donors (Lipinski definition) is 1. The van der Waals surface area contributed by atoms with E-state index in [4.69, 9.17) is 9.15 Å². The smallest absolute Gasteiger partial charge is 0.417 e. The van der Waals surface area contributed by atoms with E-state index in [0.717, 1.165) is 11.8 Å². The number of hydrogen-bond acceptors (Lipinski definition) is 7. The highest BCUT2D eigenvalue weighted by Gasteiger charge is 2.48. The second-order valence-electron chi connectivity index (χ2n) is 8.98. The quantitative estimate of drug-likeness (QED) is 0.407. The summed E-state index contributed by atoms with van der Waals surface area (Å²) in [5.41, 5.74) is 2.30. The molecule has 192 valence electrons. The summed E-state index contributed by atoms with van der Waals surface area (Å²) in [7, 11) is 0. The number of nitrogens with zero attached hydrogens (tertiary/aromatic N) is 4. The number of para-hydroxylation sites is 1. The highest BCUT2D eigenvalue weighted by Crippen LogP contribution is 2.44. The third kappa shape index (κ3) is 4.13. The number of amides is 1. The molecule has 0 bridgehead atoms. The average Bonchev–Trinajstić information content (AvgIpc) is 3.53. The molecular formula is C26H18F3N5O4. The molecule has 12 heteroatoms. The molecule has 1 atom stereocenters. The van der Waals surface area contributed by atoms with Gasteiger partial charge in [0, 0.05) is 29.8 Å². The van der Waals surface area contributed by atoms with Gasteiger partial charge in [-0.2, -0.15) is 4.98 Å². The van der Waals surface area contributed by atoms with Gasteiger partial charge in [-0.05, 0) is 42.5 Å². The van der Waals surface area contributed by atoms with Crippen molar-refractivity contribution in [3.8, 4) is 11.8 Å². The van der Waals surface area contributed by atoms with Crippen LogP contribution >= 0.6 is 0 Å². The molecule has 4 aromatic rings. The molecule has 2 aliphatic heterocycles. The van der Waals surface area contributed by atoms with E-state index in [1.54, 1.807) is 18.2 Å². The van der Waals surface area contributed by atoms with E-state index in [0.29, 0.717) is 22.4 Å². The van der Waals surface area contributed by atoms with Crippen LogP contribution in [0.5, 0.6) is 11.8 Å². The molecule has 0 spiro atoms. The normalized spacial score (nSPS) is 17.4. The maximum Gasteiger partial charge on any atom is 0.417 e. The van der Waals surface area contributed by atoms with E-state index >= 15 is 0 Å². The Hall–Kier alpha value is -4.74. The summed E-state index contributed by atoms with van der Waals surface area (Å²) in [6.07, 6.45) is 1.38. The number of rotatable bonds is 6. The Balaban J connectivity index is 1.45. The number of aliphatic imine (C=N–C) groups is 1. The van der Waals surface area contributed by atoms with Gasteiger partial charge < -0.3 is 14.1 Å². The third-order valence-electron chi connectivity index (χ3n) is 6.19. The first kappa shape index (κ1) is 23.6. The van der Waals surface area contributed by atoms with Gasteiger partial charge >= 0.3 is 11.8 Å². The van der Waals surface area contributed by atoms with Crippen molar-refractivity contribution < 1.29 is 27.1 Å². The number of H-pyrrole nitrogens is 1. The monoisotopic (exact) mass is 521 g/mol. The van der Waals surface area contributed by atoms with Crippen LogP contribution in [0.1, 0.15) is 24.2 Å². The summed E-state index contributed by atoms with van der Waals surface area (Å²) in [5.74, 6) is -4.63. The number of oxazole rings is 1. The lowest BCUT2D eigenvalue weighted by Gasteiger charge is -2.29. The molecule has 0 aliphatic carbocycles. The summed E-state index contributed by atoms with van der Waals surface area (Å²) in [6, 6.07) is 10.6. The maximum absolute atomic E-state index is 14.3. The van der Waals surface area contributed by atoms with E-state index in [1.165, 1.54) is 36.5 Å². The molecule has 1 amide bonds. The summed E-state index contributed by atoms with van der Waals surface area (Å²) in [4.78, 5) is 41.9. The molecule has 38 heavy (non-hydrogen) atoms. The van der Waals surface area contributed by atoms with Crippen molar-refractivity contribution in [3.63, 3.8) is 0 Å². The van der Waals surface area contributed by atoms with Gasteiger partial charge in [-0.25, -0.2) is 22.9 Å². The Morgan fingerprint density at radius 2 is 1.95 bits per heavy atom. The Kier molecular flexibility index (Phi) is 5.40. The molecular weight excluding hydrogens is 503 g/mol. The molecule has 4 heterocycles. The zero-order valence-corrected chi connectivity index (χ0v) is 19.7. The Morgan fingerprint density at radius 3 is 2.71 bits per heavy atom. The van der Waals surface area contributed by atoms with Gasteiger partial charge in [0.1, 0.15) is 17.6 Å². The van der Waals surface area contributed by atoms with E-state index in [1.807, 2.05) is 0 Å². The molecule has 1 unspecified atom stereocenters. The van der Waals surface area contributed by atoms with Gasteiger partial charge in [-0.15, -0.1) is 0 Å². The first-order valence-corrected chi connectivity index (χ1v) is 11.5. The molecule has 2 aromatic carbocycles. The van der Waals surface area contributed by atoms with Crippen LogP contribution in [0.25, 0.3) is 11.1 Å². The van der Waals surface area contributed by atoms with E-state index in [-0.39, 0.29) is 35.2 Å². The van der Waals surface area contributed by atoms with Crippen LogP contribution in [0.15, 0.2) is 80.1 Å². The second kappa shape index (κ2) is 8.68. The Bertz CT molecular complexity index is 1700. The molecule has 0 radical (unpaired) electrons. The number of alkyl halides is 2. The van der Waals surface area contributed by atoms with E-state index < -0.39 is 36.0 Å². The van der Waals surface area contributed by atoms with E-state index in [2.05, 4.69) is 19.9 Å². The average molecular weight is 521 g/mol. The molecule has 2 aromatic heterocycles. The van der Waals surface area contributed by atoms with Gasteiger partial charge in [0.05, 0.1) is 30.0 Å². The number of ether oxygens (including phenoxy) is 1. The van der Waals surface area contributed by atoms with Crippen molar-refractivity contribution in [2.75, 3.05) is 13.1 Å². The third-order valence-corrected chi connectivity index (χ3v) is 6.19. The number of carbonyl (C=O) groups is 1. The molecule has 6 rings (SSSR count). The van der Waals surface area contributed by atoms with Crippen molar-refractivity contribution in [1.29, 1.82) is 0 Å². The van der Waals surface area contributed by atoms with Crippen LogP contribution in [0, 0.1) is 5.82 Å². The predicted molar refractivity (Wildman–Crippen MR) is 129 cm³/mol. The van der Waals surface area contributed by atoms with Crippen LogP contribution in [0.2, 0.25) is 0 Å². The van der Waals surface area contributed by atoms with Gasteiger partial charge in [-0.1, -0.05) is 6.07 Å². The topological polar surface area (TPSA) is 114 Å². The summed E-state index contributed by atoms with van der Waals surface area (Å²) in [5, 5.41) is 0. The number of benzene rings is 2. The molecule has 0 saturated carbocycles. The number of aromatic nitrogens is 3. The fraction of sp³-hybridized carbons (Fsp3) is 0.192. The number of fused-ring (bicyclic) bond motifs is 1. The number of carbonyl (C=O) groups excluding carboxylic acids is 1. The Labute approximate surface area is 212 Å². The van der Waals surface area contributed by atoms with Crippen LogP contribution in [-0.2, 0) is 4.79 Å². The zero-order valence-electron chi connectivity index (χ0n) is 19.7. The predicted octanol–water partition coefficient (Wildman–Crippen LogP) is 4.18. The van der Waals surface area contributed by atoms with Crippen LogP contribution in [-0.4, -0.2) is 50.5 Å². The standard InChI is InChI=1S/C26H18F3N5O4/c1-26(28,29)12-34-21(17-9-10-30-24(32-17)37-14-7-5-13(27)6-8-14)19-16(23(34)35)11-31-20(19)15-3-2-4-18-22(15)38-25(36)33-18/h2-10,21H,11-12H2,1H3,(H,33,36). The SMILES string of the molecule is CC(F)(F)CN1C(=O)C2=C(C(c3cccc4[nH]c(=O)oc34)=NC2)C1c1ccnc(Oc2ccc(F)cc2)n1. The van der Waals surface area contributed by atoms with Crippen molar-refractivity contribution in [2.24, 2.45) is 4.99 Å². The zero-order chi connectivity index (χ0) is 26.6. The molecule has 2 aliphatic rings. The molecule has 1 N–H and O–H groups in total. The van der Waals surface area contributed by atoms with Gasteiger partial charge in [0.25, 0.3) is 11.8 Å². The van der Waals surface area contributed by atoms with Gasteiger partial charge in [-0.3, -0.25) is 14.8 Å². The molecule has 0 saturated heterocycles. The fourth-order valence-corrected chi connectivity index (χ4v) is 4.72. The maximum atomic E-state index is 14.3. The summed E-state index contributed by atoms with van der Waals surface area (Å²) < 4.78 is 52.8. The molecule has 0 fully saturated rings. The van der Waals surface area contributed by atoms with Crippen molar-refractivity contribution in [1.82, 2.24) is 19.9 Å². The first-order valence-electron chi connectivity index (χ1n) is 11.5. The van der Waals surface area contributed by atoms with Crippen LogP contribution in [0.4, 0.5) is 13.2 Å². The van der Waals surface area contributed by atoms with Crippen molar-refractivity contribution in [2.45, 2.75) is 18.9 Å². The highest BCUT2D eigenvalue weighted by atomic mass is 19.3. The fourth-order valence-electron chi connectivity index (χ4n) is 4.72. The Morgan fingerprint density at radius 1 is 1.16 bits per heavy atom. The minimum absolute atomic E-state index is 0.0269. The number of nitrogens with one attached hydrogen (secondary N) is 1. The van der Waals surface area contributed by atoms with Crippen molar-refractivity contribution >= 4 is 22.7 Å². The van der Waals surface area contributed by atoms with Crippen molar-refractivity contribution in [3.05, 3.63) is 93.5 Å². The first-order chi connectivity index (χ1) is 18.2. The minimum atomic E-state index is -3.20.